The van der Waals surface area contributed by atoms with E-state index in [2.05, 4.69) is 5.32 Å². The smallest absolute Gasteiger partial charge is 0.336 e. The zero-order chi connectivity index (χ0) is 27.5. The molecule has 1 aliphatic carbocycles. The normalized spacial score (nSPS) is 18.9. The number of Topliss-reactive ketones (excluding diaryl/α,β-unsaturated/α-hetero) is 1. The lowest BCUT2D eigenvalue weighted by atomic mass is 9.71. The lowest BCUT2D eigenvalue weighted by Crippen LogP contribution is -2.36. The molecule has 39 heavy (non-hydrogen) atoms. The molecule has 0 amide bonds. The van der Waals surface area contributed by atoms with Crippen LogP contribution in [0.15, 0.2) is 101 Å². The third-order valence-electron chi connectivity index (χ3n) is 7.60. The fourth-order valence-electron chi connectivity index (χ4n) is 5.56. The van der Waals surface area contributed by atoms with Crippen LogP contribution in [-0.2, 0) is 20.7 Å². The number of ether oxygens (including phenoxy) is 1. The number of carbonyl (C=O) groups is 2. The van der Waals surface area contributed by atoms with E-state index in [-0.39, 0.29) is 18.3 Å². The number of esters is 1. The van der Waals surface area contributed by atoms with Crippen molar-refractivity contribution < 1.29 is 14.3 Å². The molecule has 5 nitrogen and oxygen atoms in total. The summed E-state index contributed by atoms with van der Waals surface area (Å²) in [5.41, 5.74) is 6.91. The second-order valence-corrected chi connectivity index (χ2v) is 10.9. The second kappa shape index (κ2) is 11.5. The molecule has 2 atom stereocenters. The van der Waals surface area contributed by atoms with Crippen LogP contribution in [0.1, 0.15) is 48.3 Å². The fraction of sp³-hybridized carbons (Fsp3) is 0.273. The Labute approximate surface area is 235 Å². The summed E-state index contributed by atoms with van der Waals surface area (Å²) in [6, 6.07) is 25.7. The van der Waals surface area contributed by atoms with E-state index in [1.54, 1.807) is 0 Å². The quantitative estimate of drug-likeness (QED) is 0.344. The highest BCUT2D eigenvalue weighted by Gasteiger charge is 2.41. The molecule has 0 saturated heterocycles. The fourth-order valence-corrected chi connectivity index (χ4v) is 5.69. The van der Waals surface area contributed by atoms with Gasteiger partial charge >= 0.3 is 5.97 Å². The first-order valence-corrected chi connectivity index (χ1v) is 13.7. The van der Waals surface area contributed by atoms with Crippen molar-refractivity contribution in [2.45, 2.75) is 38.0 Å². The summed E-state index contributed by atoms with van der Waals surface area (Å²) in [5.74, 6) is -0.783. The number of rotatable bonds is 7. The summed E-state index contributed by atoms with van der Waals surface area (Å²) in [7, 11) is 3.97. The van der Waals surface area contributed by atoms with Gasteiger partial charge in [-0.05, 0) is 60.2 Å². The van der Waals surface area contributed by atoms with Crippen LogP contribution >= 0.6 is 11.6 Å². The molecule has 1 heterocycles. The van der Waals surface area contributed by atoms with Gasteiger partial charge in [-0.2, -0.15) is 0 Å². The second-order valence-electron chi connectivity index (χ2n) is 10.4. The number of hydrogen-bond donors (Lipinski definition) is 1. The molecule has 1 N–H and O–H groups in total. The molecule has 2 aliphatic rings. The van der Waals surface area contributed by atoms with Gasteiger partial charge in [0.25, 0.3) is 0 Å². The van der Waals surface area contributed by atoms with E-state index >= 15 is 0 Å². The van der Waals surface area contributed by atoms with Gasteiger partial charge < -0.3 is 15.0 Å². The van der Waals surface area contributed by atoms with Crippen molar-refractivity contribution in [3.05, 3.63) is 123 Å². The molecular weight excluding hydrogens is 508 g/mol. The molecule has 0 fully saturated rings. The summed E-state index contributed by atoms with van der Waals surface area (Å²) in [5, 5.41) is 4.10. The first-order valence-electron chi connectivity index (χ1n) is 13.3. The molecule has 3 aromatic carbocycles. The Morgan fingerprint density at radius 2 is 1.62 bits per heavy atom. The van der Waals surface area contributed by atoms with Gasteiger partial charge in [-0.25, -0.2) is 4.79 Å². The van der Waals surface area contributed by atoms with Crippen molar-refractivity contribution in [3.63, 3.8) is 0 Å². The molecule has 0 bridgehead atoms. The molecule has 200 valence electrons. The number of ketones is 1. The Morgan fingerprint density at radius 1 is 0.949 bits per heavy atom. The van der Waals surface area contributed by atoms with Crippen molar-refractivity contribution in [2.75, 3.05) is 25.6 Å². The Morgan fingerprint density at radius 3 is 2.28 bits per heavy atom. The minimum Gasteiger partial charge on any atom is -0.462 e. The van der Waals surface area contributed by atoms with Crippen LogP contribution in [0.3, 0.4) is 0 Å². The SMILES string of the molecule is CC1=C(C(=O)OCCc2ccccc2)[C@@H](c2ccc(N(C)C)cc2)C2=C(C[C@@H](c3ccc(Cl)cc3)CC2=O)N1. The van der Waals surface area contributed by atoms with Crippen LogP contribution in [0.5, 0.6) is 0 Å². The van der Waals surface area contributed by atoms with Gasteiger partial charge in [-0.3, -0.25) is 4.79 Å². The first-order chi connectivity index (χ1) is 18.8. The Bertz CT molecular complexity index is 1420. The Hall–Kier alpha value is -3.83. The van der Waals surface area contributed by atoms with Crippen LogP contribution in [0.2, 0.25) is 5.02 Å². The molecule has 0 spiro atoms. The highest BCUT2D eigenvalue weighted by atomic mass is 35.5. The Kier molecular flexibility index (Phi) is 7.89. The molecule has 6 heteroatoms. The standard InChI is InChI=1S/C33H33ClN2O3/c1-21-30(33(38)39-18-17-22-7-5-4-6-8-22)31(24-11-15-27(16-12-24)36(2)3)32-28(35-21)19-25(20-29(32)37)23-9-13-26(34)14-10-23/h4-16,25,31,35H,17-20H2,1-3H3/t25-,31-/m1/s1. The number of benzene rings is 3. The third-order valence-corrected chi connectivity index (χ3v) is 7.85. The molecule has 0 saturated carbocycles. The molecular formula is C33H33ClN2O3. The highest BCUT2D eigenvalue weighted by Crippen LogP contribution is 2.46. The van der Waals surface area contributed by atoms with E-state index in [1.165, 1.54) is 0 Å². The minimum absolute atomic E-state index is 0.0463. The summed E-state index contributed by atoms with van der Waals surface area (Å²) in [4.78, 5) is 29.4. The third kappa shape index (κ3) is 5.79. The van der Waals surface area contributed by atoms with Crippen molar-refractivity contribution in [3.8, 4) is 0 Å². The molecule has 1 aliphatic heterocycles. The zero-order valence-corrected chi connectivity index (χ0v) is 23.3. The van der Waals surface area contributed by atoms with Crippen LogP contribution in [0.25, 0.3) is 0 Å². The van der Waals surface area contributed by atoms with Gasteiger partial charge in [-0.15, -0.1) is 0 Å². The van der Waals surface area contributed by atoms with E-state index in [0.29, 0.717) is 35.4 Å². The summed E-state index contributed by atoms with van der Waals surface area (Å²) in [6.45, 7) is 2.17. The lowest BCUT2D eigenvalue weighted by Gasteiger charge is -2.36. The number of nitrogens with one attached hydrogen (secondary N) is 1. The molecule has 0 unspecified atom stereocenters. The van der Waals surface area contributed by atoms with E-state index in [1.807, 2.05) is 105 Å². The summed E-state index contributed by atoms with van der Waals surface area (Å²) < 4.78 is 5.79. The van der Waals surface area contributed by atoms with Gasteiger partial charge in [0.2, 0.25) is 0 Å². The van der Waals surface area contributed by atoms with Crippen molar-refractivity contribution in [2.24, 2.45) is 0 Å². The van der Waals surface area contributed by atoms with Crippen LogP contribution in [0.4, 0.5) is 5.69 Å². The zero-order valence-electron chi connectivity index (χ0n) is 22.5. The number of dihydropyridines is 1. The van der Waals surface area contributed by atoms with Crippen LogP contribution < -0.4 is 10.2 Å². The monoisotopic (exact) mass is 540 g/mol. The minimum atomic E-state index is -0.486. The number of halogens is 1. The van der Waals surface area contributed by atoms with Crippen molar-refractivity contribution in [1.82, 2.24) is 5.32 Å². The topological polar surface area (TPSA) is 58.6 Å². The maximum Gasteiger partial charge on any atom is 0.336 e. The van der Waals surface area contributed by atoms with E-state index in [9.17, 15) is 9.59 Å². The predicted molar refractivity (Wildman–Crippen MR) is 156 cm³/mol. The average molecular weight is 541 g/mol. The lowest BCUT2D eigenvalue weighted by molar-refractivity contribution is -0.139. The molecule has 3 aromatic rings. The molecule has 0 aromatic heterocycles. The van der Waals surface area contributed by atoms with Crippen LogP contribution in [0, 0.1) is 0 Å². The van der Waals surface area contributed by atoms with Crippen LogP contribution in [-0.4, -0.2) is 32.5 Å². The van der Waals surface area contributed by atoms with Gasteiger partial charge in [-0.1, -0.05) is 66.2 Å². The first kappa shape index (κ1) is 26.8. The maximum absolute atomic E-state index is 13.8. The van der Waals surface area contributed by atoms with E-state index in [4.69, 9.17) is 16.3 Å². The van der Waals surface area contributed by atoms with E-state index in [0.717, 1.165) is 33.8 Å². The number of hydrogen-bond acceptors (Lipinski definition) is 5. The highest BCUT2D eigenvalue weighted by molar-refractivity contribution is 6.30. The average Bonchev–Trinajstić information content (AvgIpc) is 2.93. The Balaban J connectivity index is 1.47. The van der Waals surface area contributed by atoms with Crippen molar-refractivity contribution in [1.29, 1.82) is 0 Å². The number of anilines is 1. The number of nitrogens with zero attached hydrogens (tertiary/aromatic N) is 1. The van der Waals surface area contributed by atoms with Gasteiger partial charge in [0, 0.05) is 60.5 Å². The number of allylic oxidation sites excluding steroid dienone is 3. The van der Waals surface area contributed by atoms with Gasteiger partial charge in [0.05, 0.1) is 12.2 Å². The van der Waals surface area contributed by atoms with Gasteiger partial charge in [0.1, 0.15) is 0 Å². The van der Waals surface area contributed by atoms with Crippen molar-refractivity contribution >= 4 is 29.0 Å². The predicted octanol–water partition coefficient (Wildman–Crippen LogP) is 6.55. The largest absolute Gasteiger partial charge is 0.462 e. The number of carbonyl (C=O) groups excluding carboxylic acids is 2. The molecule has 5 rings (SSSR count). The summed E-state index contributed by atoms with van der Waals surface area (Å²) >= 11 is 6.10. The van der Waals surface area contributed by atoms with Gasteiger partial charge in [0.15, 0.2) is 5.78 Å². The maximum atomic E-state index is 13.8. The van der Waals surface area contributed by atoms with E-state index < -0.39 is 11.9 Å². The summed E-state index contributed by atoms with van der Waals surface area (Å²) in [6.07, 6.45) is 1.69. The molecule has 0 radical (unpaired) electrons.